The molecule has 0 radical (unpaired) electrons. The molecular formula is C32H36F2N6O2. The number of carbonyl (C=O) groups excluding carboxylic acids is 1. The fourth-order valence-corrected chi connectivity index (χ4v) is 5.88. The highest BCUT2D eigenvalue weighted by atomic mass is 19.3. The van der Waals surface area contributed by atoms with Crippen LogP contribution in [0.5, 0.6) is 0 Å². The molecule has 6 rings (SSSR count). The van der Waals surface area contributed by atoms with Gasteiger partial charge in [0, 0.05) is 68.1 Å². The Labute approximate surface area is 244 Å². The van der Waals surface area contributed by atoms with Gasteiger partial charge in [0.15, 0.2) is 0 Å². The lowest BCUT2D eigenvalue weighted by molar-refractivity contribution is -0.110. The van der Waals surface area contributed by atoms with E-state index in [2.05, 4.69) is 52.2 Å². The molecule has 3 aromatic rings. The van der Waals surface area contributed by atoms with E-state index in [1.54, 1.807) is 17.0 Å². The van der Waals surface area contributed by atoms with Gasteiger partial charge in [-0.3, -0.25) is 19.7 Å². The number of pyridine rings is 2. The summed E-state index contributed by atoms with van der Waals surface area (Å²) in [4.78, 5) is 31.1. The van der Waals surface area contributed by atoms with E-state index in [9.17, 15) is 13.6 Å². The first-order valence-corrected chi connectivity index (χ1v) is 14.6. The smallest absolute Gasteiger partial charge is 0.274 e. The summed E-state index contributed by atoms with van der Waals surface area (Å²) in [7, 11) is 0. The predicted molar refractivity (Wildman–Crippen MR) is 159 cm³/mol. The van der Waals surface area contributed by atoms with Crippen molar-refractivity contribution in [1.82, 2.24) is 14.9 Å². The number of ether oxygens (including phenoxy) is 1. The number of anilines is 2. The third-order valence-corrected chi connectivity index (χ3v) is 8.64. The van der Waals surface area contributed by atoms with E-state index in [1.807, 2.05) is 18.5 Å². The number of rotatable bonds is 7. The SMILES string of the molecule is CCC1(C)CN=C(C(=O)Nc2ccc(N3CCC(F)(F)C3)nc2)c2cc(-c3cncc(CN4CCOCC4)c3)ccc21. The Morgan fingerprint density at radius 2 is 1.88 bits per heavy atom. The molecule has 5 heterocycles. The van der Waals surface area contributed by atoms with E-state index in [0.717, 1.165) is 67.1 Å². The largest absolute Gasteiger partial charge is 0.379 e. The zero-order valence-electron chi connectivity index (χ0n) is 24.1. The van der Waals surface area contributed by atoms with Crippen molar-refractivity contribution in [2.45, 2.75) is 44.6 Å². The summed E-state index contributed by atoms with van der Waals surface area (Å²) in [6, 6.07) is 11.8. The molecule has 10 heteroatoms. The number of aromatic nitrogens is 2. The number of amides is 1. The zero-order chi connectivity index (χ0) is 29.3. The number of alkyl halides is 2. The van der Waals surface area contributed by atoms with Crippen molar-refractivity contribution in [3.63, 3.8) is 0 Å². The number of fused-ring (bicyclic) bond motifs is 1. The van der Waals surface area contributed by atoms with E-state index in [0.29, 0.717) is 23.8 Å². The van der Waals surface area contributed by atoms with Crippen LogP contribution in [-0.2, 0) is 21.5 Å². The number of hydrogen-bond acceptors (Lipinski definition) is 7. The highest BCUT2D eigenvalue weighted by Crippen LogP contribution is 2.37. The van der Waals surface area contributed by atoms with E-state index in [1.165, 1.54) is 6.20 Å². The number of morpholine rings is 1. The van der Waals surface area contributed by atoms with Crippen LogP contribution in [0.2, 0.25) is 0 Å². The summed E-state index contributed by atoms with van der Waals surface area (Å²) in [6.45, 7) is 8.85. The van der Waals surface area contributed by atoms with Gasteiger partial charge in [0.2, 0.25) is 0 Å². The predicted octanol–water partition coefficient (Wildman–Crippen LogP) is 4.93. The van der Waals surface area contributed by atoms with Gasteiger partial charge in [-0.2, -0.15) is 0 Å². The lowest BCUT2D eigenvalue weighted by Gasteiger charge is -2.34. The Bertz CT molecular complexity index is 1490. The highest BCUT2D eigenvalue weighted by molar-refractivity contribution is 6.49. The second-order valence-electron chi connectivity index (χ2n) is 11.7. The highest BCUT2D eigenvalue weighted by Gasteiger charge is 2.39. The quantitative estimate of drug-likeness (QED) is 0.431. The molecule has 220 valence electrons. The second kappa shape index (κ2) is 11.5. The Morgan fingerprint density at radius 1 is 1.05 bits per heavy atom. The molecule has 2 aromatic heterocycles. The molecule has 1 aromatic carbocycles. The number of hydrogen-bond donors (Lipinski definition) is 1. The summed E-state index contributed by atoms with van der Waals surface area (Å²) < 4.78 is 32.8. The topological polar surface area (TPSA) is 83.0 Å². The van der Waals surface area contributed by atoms with Crippen LogP contribution >= 0.6 is 0 Å². The first-order valence-electron chi connectivity index (χ1n) is 14.6. The van der Waals surface area contributed by atoms with Gasteiger partial charge in [-0.05, 0) is 47.4 Å². The van der Waals surface area contributed by atoms with Gasteiger partial charge < -0.3 is 15.0 Å². The van der Waals surface area contributed by atoms with Gasteiger partial charge in [0.25, 0.3) is 11.8 Å². The lowest BCUT2D eigenvalue weighted by Crippen LogP contribution is -2.36. The van der Waals surface area contributed by atoms with E-state index >= 15 is 0 Å². The van der Waals surface area contributed by atoms with E-state index in [-0.39, 0.29) is 30.8 Å². The van der Waals surface area contributed by atoms with Crippen LogP contribution in [-0.4, -0.2) is 78.3 Å². The summed E-state index contributed by atoms with van der Waals surface area (Å²) >= 11 is 0. The average molecular weight is 575 g/mol. The van der Waals surface area contributed by atoms with Crippen molar-refractivity contribution < 1.29 is 18.3 Å². The minimum atomic E-state index is -2.70. The zero-order valence-corrected chi connectivity index (χ0v) is 24.1. The molecule has 0 saturated carbocycles. The van der Waals surface area contributed by atoms with Gasteiger partial charge in [-0.15, -0.1) is 0 Å². The minimum absolute atomic E-state index is 0.181. The van der Waals surface area contributed by atoms with Crippen LogP contribution in [0.3, 0.4) is 0 Å². The number of benzene rings is 1. The Morgan fingerprint density at radius 3 is 2.60 bits per heavy atom. The number of nitrogens with one attached hydrogen (secondary N) is 1. The standard InChI is InChI=1S/C32H36F2N6O2/c1-3-31(2)20-37-29(30(41)38-25-5-7-28(36-18-25)40-9-8-32(33,34)21-40)26-15-23(4-6-27(26)31)24-14-22(16-35-17-24)19-39-10-12-42-13-11-39/h4-7,14-18H,3,8-13,19-21H2,1-2H3,(H,38,41). The summed E-state index contributed by atoms with van der Waals surface area (Å²) in [5.41, 5.74) is 5.66. The van der Waals surface area contributed by atoms with E-state index in [4.69, 9.17) is 9.73 Å². The molecule has 1 N–H and O–H groups in total. The van der Waals surface area contributed by atoms with Crippen LogP contribution < -0.4 is 10.2 Å². The molecule has 3 aliphatic heterocycles. The first-order chi connectivity index (χ1) is 20.2. The third-order valence-electron chi connectivity index (χ3n) is 8.64. The summed E-state index contributed by atoms with van der Waals surface area (Å²) in [6.07, 6.45) is 5.97. The Hall–Kier alpha value is -3.76. The molecule has 3 aliphatic rings. The molecule has 0 spiro atoms. The maximum Gasteiger partial charge on any atom is 0.274 e. The van der Waals surface area contributed by atoms with Crippen LogP contribution in [0.15, 0.2) is 60.0 Å². The average Bonchev–Trinajstić information content (AvgIpc) is 3.37. The van der Waals surface area contributed by atoms with Gasteiger partial charge >= 0.3 is 0 Å². The molecule has 1 unspecified atom stereocenters. The molecule has 2 saturated heterocycles. The summed E-state index contributed by atoms with van der Waals surface area (Å²) in [5.74, 6) is -2.56. The molecule has 2 fully saturated rings. The maximum absolute atomic E-state index is 13.6. The molecule has 1 amide bonds. The number of nitrogens with zero attached hydrogens (tertiary/aromatic N) is 5. The van der Waals surface area contributed by atoms with Crippen LogP contribution in [0, 0.1) is 0 Å². The fourth-order valence-electron chi connectivity index (χ4n) is 5.88. The monoisotopic (exact) mass is 574 g/mol. The normalized spacial score (nSPS) is 22.0. The van der Waals surface area contributed by atoms with Crippen molar-refractivity contribution in [2.75, 3.05) is 56.2 Å². The first kappa shape index (κ1) is 28.4. The lowest BCUT2D eigenvalue weighted by atomic mass is 9.74. The van der Waals surface area contributed by atoms with Gasteiger partial charge in [0.05, 0.1) is 31.6 Å². The Balaban J connectivity index is 1.24. The molecule has 1 atom stereocenters. The molecule has 8 nitrogen and oxygen atoms in total. The molecule has 42 heavy (non-hydrogen) atoms. The van der Waals surface area contributed by atoms with Gasteiger partial charge in [-0.25, -0.2) is 13.8 Å². The van der Waals surface area contributed by atoms with Crippen LogP contribution in [0.25, 0.3) is 11.1 Å². The van der Waals surface area contributed by atoms with Crippen LogP contribution in [0.1, 0.15) is 43.4 Å². The summed E-state index contributed by atoms with van der Waals surface area (Å²) in [5, 5.41) is 2.92. The minimum Gasteiger partial charge on any atom is -0.379 e. The molecule has 0 aliphatic carbocycles. The third kappa shape index (κ3) is 5.91. The van der Waals surface area contributed by atoms with Crippen molar-refractivity contribution in [3.05, 3.63) is 71.7 Å². The fraction of sp³-hybridized carbons (Fsp3) is 0.438. The maximum atomic E-state index is 13.6. The molecule has 0 bridgehead atoms. The van der Waals surface area contributed by atoms with Crippen molar-refractivity contribution >= 4 is 23.1 Å². The number of carbonyl (C=O) groups is 1. The van der Waals surface area contributed by atoms with Crippen molar-refractivity contribution in [3.8, 4) is 11.1 Å². The van der Waals surface area contributed by atoms with E-state index < -0.39 is 5.92 Å². The second-order valence-corrected chi connectivity index (χ2v) is 11.7. The van der Waals surface area contributed by atoms with Crippen molar-refractivity contribution in [2.24, 2.45) is 4.99 Å². The Kier molecular flexibility index (Phi) is 7.76. The van der Waals surface area contributed by atoms with Crippen LogP contribution in [0.4, 0.5) is 20.3 Å². The molecular weight excluding hydrogens is 538 g/mol. The van der Waals surface area contributed by atoms with Crippen molar-refractivity contribution in [1.29, 1.82) is 0 Å². The number of halogens is 2. The van der Waals surface area contributed by atoms with Gasteiger partial charge in [0.1, 0.15) is 11.5 Å². The number of aliphatic imine (C=N–C) groups is 1. The van der Waals surface area contributed by atoms with Gasteiger partial charge in [-0.1, -0.05) is 26.0 Å².